The standard InChI is InChI=1S/C20H21FN2O3/c21-16-6-3-14(4-7-16)20(24)22-12-17(23-9-1-2-10-23)15-5-8-18-19(11-15)26-13-25-18/h3-8,11,17H,1-2,9-10,12-13H2,(H,22,24). The summed E-state index contributed by atoms with van der Waals surface area (Å²) in [5.74, 6) is 0.952. The van der Waals surface area contributed by atoms with Crippen molar-refractivity contribution in [2.24, 2.45) is 0 Å². The summed E-state index contributed by atoms with van der Waals surface area (Å²) < 4.78 is 23.9. The van der Waals surface area contributed by atoms with E-state index in [1.165, 1.54) is 24.3 Å². The van der Waals surface area contributed by atoms with Crippen LogP contribution >= 0.6 is 0 Å². The van der Waals surface area contributed by atoms with Crippen molar-refractivity contribution in [1.82, 2.24) is 10.2 Å². The van der Waals surface area contributed by atoms with Crippen LogP contribution in [0, 0.1) is 5.82 Å². The van der Waals surface area contributed by atoms with Gasteiger partial charge in [-0.05, 0) is 67.9 Å². The molecule has 136 valence electrons. The van der Waals surface area contributed by atoms with E-state index >= 15 is 0 Å². The van der Waals surface area contributed by atoms with Gasteiger partial charge >= 0.3 is 0 Å². The minimum atomic E-state index is -0.350. The number of amides is 1. The molecule has 2 heterocycles. The van der Waals surface area contributed by atoms with Crippen molar-refractivity contribution in [3.05, 3.63) is 59.4 Å². The molecule has 6 heteroatoms. The second-order valence-electron chi connectivity index (χ2n) is 6.59. The molecule has 0 saturated carbocycles. The van der Waals surface area contributed by atoms with Crippen LogP contribution in [0.3, 0.4) is 0 Å². The molecule has 2 aromatic carbocycles. The molecule has 1 N–H and O–H groups in total. The van der Waals surface area contributed by atoms with E-state index in [0.29, 0.717) is 12.1 Å². The third kappa shape index (κ3) is 3.51. The molecule has 0 aliphatic carbocycles. The number of carbonyl (C=O) groups excluding carboxylic acids is 1. The van der Waals surface area contributed by atoms with Crippen molar-refractivity contribution < 1.29 is 18.7 Å². The Morgan fingerprint density at radius 3 is 2.58 bits per heavy atom. The number of carbonyl (C=O) groups is 1. The predicted molar refractivity (Wildman–Crippen MR) is 94.8 cm³/mol. The van der Waals surface area contributed by atoms with Crippen molar-refractivity contribution in [3.8, 4) is 11.5 Å². The number of benzene rings is 2. The largest absolute Gasteiger partial charge is 0.454 e. The Balaban J connectivity index is 1.50. The highest BCUT2D eigenvalue weighted by atomic mass is 19.1. The second-order valence-corrected chi connectivity index (χ2v) is 6.59. The van der Waals surface area contributed by atoms with Gasteiger partial charge in [0, 0.05) is 12.1 Å². The topological polar surface area (TPSA) is 50.8 Å². The van der Waals surface area contributed by atoms with Gasteiger partial charge < -0.3 is 14.8 Å². The fourth-order valence-electron chi connectivity index (χ4n) is 3.52. The van der Waals surface area contributed by atoms with Gasteiger partial charge in [-0.1, -0.05) is 6.07 Å². The summed E-state index contributed by atoms with van der Waals surface area (Å²) in [6, 6.07) is 11.6. The van der Waals surface area contributed by atoms with Gasteiger partial charge in [-0.3, -0.25) is 9.69 Å². The monoisotopic (exact) mass is 356 g/mol. The normalized spacial score (nSPS) is 17.3. The predicted octanol–water partition coefficient (Wildman–Crippen LogP) is 3.12. The van der Waals surface area contributed by atoms with Gasteiger partial charge in [-0.25, -0.2) is 4.39 Å². The summed E-state index contributed by atoms with van der Waals surface area (Å²) in [5.41, 5.74) is 1.55. The Labute approximate surface area is 151 Å². The van der Waals surface area contributed by atoms with Gasteiger partial charge in [0.2, 0.25) is 6.79 Å². The van der Waals surface area contributed by atoms with E-state index < -0.39 is 0 Å². The van der Waals surface area contributed by atoms with E-state index in [0.717, 1.165) is 43.0 Å². The summed E-state index contributed by atoms with van der Waals surface area (Å²) in [6.45, 7) is 2.74. The lowest BCUT2D eigenvalue weighted by Crippen LogP contribution is -2.36. The molecule has 1 fully saturated rings. The highest BCUT2D eigenvalue weighted by Crippen LogP contribution is 2.36. The minimum Gasteiger partial charge on any atom is -0.454 e. The molecule has 1 saturated heterocycles. The summed E-state index contributed by atoms with van der Waals surface area (Å²) in [5, 5.41) is 2.99. The van der Waals surface area contributed by atoms with E-state index in [4.69, 9.17) is 9.47 Å². The maximum absolute atomic E-state index is 13.0. The number of fused-ring (bicyclic) bond motifs is 1. The van der Waals surface area contributed by atoms with Crippen LogP contribution in [0.25, 0.3) is 0 Å². The molecule has 0 aromatic heterocycles. The van der Waals surface area contributed by atoms with Crippen molar-refractivity contribution in [2.45, 2.75) is 18.9 Å². The van der Waals surface area contributed by atoms with Crippen molar-refractivity contribution >= 4 is 5.91 Å². The zero-order chi connectivity index (χ0) is 17.9. The lowest BCUT2D eigenvalue weighted by Gasteiger charge is -2.28. The zero-order valence-electron chi connectivity index (χ0n) is 14.4. The first kappa shape index (κ1) is 16.8. The van der Waals surface area contributed by atoms with Gasteiger partial charge in [-0.15, -0.1) is 0 Å². The number of hydrogen-bond donors (Lipinski definition) is 1. The fourth-order valence-corrected chi connectivity index (χ4v) is 3.52. The minimum absolute atomic E-state index is 0.0661. The van der Waals surface area contributed by atoms with Crippen molar-refractivity contribution in [2.75, 3.05) is 26.4 Å². The van der Waals surface area contributed by atoms with Crippen LogP contribution in [0.5, 0.6) is 11.5 Å². The molecule has 5 nitrogen and oxygen atoms in total. The molecule has 2 aliphatic rings. The van der Waals surface area contributed by atoms with E-state index in [2.05, 4.69) is 10.2 Å². The quantitative estimate of drug-likeness (QED) is 0.894. The first-order valence-corrected chi connectivity index (χ1v) is 8.88. The van der Waals surface area contributed by atoms with Crippen molar-refractivity contribution in [1.29, 1.82) is 0 Å². The number of ether oxygens (including phenoxy) is 2. The van der Waals surface area contributed by atoms with Crippen LogP contribution in [-0.4, -0.2) is 37.2 Å². The molecule has 1 amide bonds. The molecule has 0 spiro atoms. The SMILES string of the molecule is O=C(NCC(c1ccc2c(c1)OCO2)N1CCCC1)c1ccc(F)cc1. The fraction of sp³-hybridized carbons (Fsp3) is 0.350. The molecule has 0 radical (unpaired) electrons. The molecule has 0 bridgehead atoms. The van der Waals surface area contributed by atoms with Gasteiger partial charge in [0.05, 0.1) is 6.04 Å². The van der Waals surface area contributed by atoms with Crippen LogP contribution in [0.2, 0.25) is 0 Å². The van der Waals surface area contributed by atoms with Crippen LogP contribution < -0.4 is 14.8 Å². The molecule has 26 heavy (non-hydrogen) atoms. The van der Waals surface area contributed by atoms with Gasteiger partial charge in [0.25, 0.3) is 5.91 Å². The van der Waals surface area contributed by atoms with E-state index in [9.17, 15) is 9.18 Å². The molecule has 1 unspecified atom stereocenters. The molecular weight excluding hydrogens is 335 g/mol. The Hall–Kier alpha value is -2.60. The van der Waals surface area contributed by atoms with Crippen LogP contribution in [0.1, 0.15) is 34.8 Å². The number of halogens is 1. The number of nitrogens with zero attached hydrogens (tertiary/aromatic N) is 1. The average molecular weight is 356 g/mol. The van der Waals surface area contributed by atoms with E-state index in [1.807, 2.05) is 18.2 Å². The molecular formula is C20H21FN2O3. The maximum atomic E-state index is 13.0. The molecule has 4 rings (SSSR count). The average Bonchev–Trinajstić information content (AvgIpc) is 3.34. The summed E-state index contributed by atoms with van der Waals surface area (Å²) in [6.07, 6.45) is 2.32. The van der Waals surface area contributed by atoms with E-state index in [1.54, 1.807) is 0 Å². The zero-order valence-corrected chi connectivity index (χ0v) is 14.4. The summed E-state index contributed by atoms with van der Waals surface area (Å²) >= 11 is 0. The first-order chi connectivity index (χ1) is 12.7. The second kappa shape index (κ2) is 7.33. The lowest BCUT2D eigenvalue weighted by atomic mass is 10.0. The number of hydrogen-bond acceptors (Lipinski definition) is 4. The number of likely N-dealkylation sites (tertiary alicyclic amines) is 1. The third-order valence-electron chi connectivity index (χ3n) is 4.93. The highest BCUT2D eigenvalue weighted by molar-refractivity contribution is 5.94. The van der Waals surface area contributed by atoms with Gasteiger partial charge in [0.15, 0.2) is 11.5 Å². The Kier molecular flexibility index (Phi) is 4.75. The van der Waals surface area contributed by atoms with Crippen LogP contribution in [-0.2, 0) is 0 Å². The molecule has 2 aliphatic heterocycles. The number of rotatable bonds is 5. The number of nitrogens with one attached hydrogen (secondary N) is 1. The van der Waals surface area contributed by atoms with E-state index in [-0.39, 0.29) is 24.6 Å². The summed E-state index contributed by atoms with van der Waals surface area (Å²) in [4.78, 5) is 14.8. The van der Waals surface area contributed by atoms with Gasteiger partial charge in [-0.2, -0.15) is 0 Å². The lowest BCUT2D eigenvalue weighted by molar-refractivity contribution is 0.0938. The highest BCUT2D eigenvalue weighted by Gasteiger charge is 2.26. The smallest absolute Gasteiger partial charge is 0.251 e. The Bertz CT molecular complexity index is 788. The Morgan fingerprint density at radius 1 is 1.08 bits per heavy atom. The molecule has 1 atom stereocenters. The summed E-state index contributed by atoms with van der Waals surface area (Å²) in [7, 11) is 0. The third-order valence-corrected chi connectivity index (χ3v) is 4.93. The van der Waals surface area contributed by atoms with Crippen LogP contribution in [0.15, 0.2) is 42.5 Å². The van der Waals surface area contributed by atoms with Crippen molar-refractivity contribution in [3.63, 3.8) is 0 Å². The Morgan fingerprint density at radius 2 is 1.81 bits per heavy atom. The van der Waals surface area contributed by atoms with Gasteiger partial charge in [0.1, 0.15) is 5.82 Å². The maximum Gasteiger partial charge on any atom is 0.251 e. The first-order valence-electron chi connectivity index (χ1n) is 8.88. The molecule has 2 aromatic rings. The van der Waals surface area contributed by atoms with Crippen LogP contribution in [0.4, 0.5) is 4.39 Å².